The second-order valence-corrected chi connectivity index (χ2v) is 11.0. The number of fused-ring (bicyclic) bond motifs is 1. The van der Waals surface area contributed by atoms with Crippen LogP contribution < -0.4 is 21.4 Å². The molecule has 5 heterocycles. The number of hydrogen-bond acceptors (Lipinski definition) is 7. The van der Waals surface area contributed by atoms with E-state index in [9.17, 15) is 13.2 Å². The van der Waals surface area contributed by atoms with Gasteiger partial charge in [-0.25, -0.2) is 9.97 Å². The van der Waals surface area contributed by atoms with E-state index < -0.39 is 12.2 Å². The first kappa shape index (κ1) is 25.3. The topological polar surface area (TPSA) is 99.9 Å². The Morgan fingerprint density at radius 3 is 2.63 bits per heavy atom. The van der Waals surface area contributed by atoms with Crippen molar-refractivity contribution in [3.8, 4) is 11.3 Å². The van der Waals surface area contributed by atoms with E-state index in [4.69, 9.17) is 21.6 Å². The molecule has 6 rings (SSSR count). The van der Waals surface area contributed by atoms with Crippen molar-refractivity contribution in [1.82, 2.24) is 30.5 Å². The molecule has 2 fully saturated rings. The molecular weight excluding hydrogens is 519 g/mol. The number of pyridine rings is 2. The van der Waals surface area contributed by atoms with Crippen LogP contribution in [0.4, 0.5) is 19.1 Å². The van der Waals surface area contributed by atoms with Gasteiger partial charge in [-0.1, -0.05) is 36.9 Å². The van der Waals surface area contributed by atoms with E-state index in [0.717, 1.165) is 25.7 Å². The van der Waals surface area contributed by atoms with Gasteiger partial charge in [0.05, 0.1) is 21.7 Å². The molecule has 1 aliphatic carbocycles. The molecule has 202 valence electrons. The third-order valence-electron chi connectivity index (χ3n) is 7.84. The van der Waals surface area contributed by atoms with Gasteiger partial charge < -0.3 is 9.47 Å². The number of nitrogens with zero attached hydrogens (tertiary/aromatic N) is 6. The number of halogens is 4. The van der Waals surface area contributed by atoms with Crippen molar-refractivity contribution in [3.05, 3.63) is 35.2 Å². The molecule has 0 amide bonds. The first-order chi connectivity index (χ1) is 18.3. The molecule has 1 unspecified atom stereocenters. The zero-order chi connectivity index (χ0) is 26.4. The average Bonchev–Trinajstić information content (AvgIpc) is 3.65. The molecule has 2 aliphatic heterocycles. The standard InChI is InChI=1S/C25H29ClF3N9/c1-14-4-6-15(7-5-14)13-38-22-18(32-24(38)37-8-2-3-20(37)25(27,28)29)10-19(23-33-35-36-34-23)31-21(22)16-9-17(26)12-30-11-16/h9-12,14-15,20,35-36H,2-8,13H2,1H3,(H,33,34)/p+1. The van der Waals surface area contributed by atoms with Crippen LogP contribution in [0.2, 0.25) is 5.02 Å². The van der Waals surface area contributed by atoms with Crippen LogP contribution in [0, 0.1) is 11.8 Å². The van der Waals surface area contributed by atoms with Crippen molar-refractivity contribution in [1.29, 1.82) is 0 Å². The summed E-state index contributed by atoms with van der Waals surface area (Å²) in [4.78, 5) is 15.5. The Balaban J connectivity index is 1.56. The number of aromatic nitrogens is 4. The maximum Gasteiger partial charge on any atom is 0.408 e. The Labute approximate surface area is 222 Å². The van der Waals surface area contributed by atoms with E-state index in [1.54, 1.807) is 18.3 Å². The van der Waals surface area contributed by atoms with Crippen LogP contribution in [0.1, 0.15) is 51.1 Å². The van der Waals surface area contributed by atoms with E-state index in [0.29, 0.717) is 76.1 Å². The van der Waals surface area contributed by atoms with Crippen LogP contribution in [0.5, 0.6) is 0 Å². The van der Waals surface area contributed by atoms with E-state index in [2.05, 4.69) is 28.0 Å². The fraction of sp³-hybridized carbons (Fsp3) is 0.520. The minimum Gasteiger partial charge on any atom is -0.330 e. The fourth-order valence-electron chi connectivity index (χ4n) is 5.88. The van der Waals surface area contributed by atoms with Crippen LogP contribution in [0.3, 0.4) is 0 Å². The molecule has 1 atom stereocenters. The third-order valence-corrected chi connectivity index (χ3v) is 8.04. The number of hydrogen-bond donors (Lipinski definition) is 3. The van der Waals surface area contributed by atoms with Crippen LogP contribution in [0.15, 0.2) is 29.6 Å². The largest absolute Gasteiger partial charge is 0.408 e. The predicted molar refractivity (Wildman–Crippen MR) is 138 cm³/mol. The Bertz CT molecular complexity index is 1360. The first-order valence-electron chi connectivity index (χ1n) is 13.0. The summed E-state index contributed by atoms with van der Waals surface area (Å²) in [5, 5.41) is 4.73. The molecule has 3 aromatic heterocycles. The smallest absolute Gasteiger partial charge is 0.330 e. The van der Waals surface area contributed by atoms with E-state index in [1.165, 1.54) is 16.6 Å². The summed E-state index contributed by atoms with van der Waals surface area (Å²) in [6.07, 6.45) is 3.68. The molecule has 9 nitrogen and oxygen atoms in total. The quantitative estimate of drug-likeness (QED) is 0.420. The lowest BCUT2D eigenvalue weighted by Crippen LogP contribution is -2.87. The maximum atomic E-state index is 14.1. The molecule has 0 spiro atoms. The van der Waals surface area contributed by atoms with Crippen LogP contribution in [-0.4, -0.2) is 44.1 Å². The number of quaternary nitrogens is 1. The highest BCUT2D eigenvalue weighted by molar-refractivity contribution is 6.30. The Kier molecular flexibility index (Phi) is 6.65. The van der Waals surface area contributed by atoms with E-state index >= 15 is 0 Å². The number of rotatable bonds is 5. The summed E-state index contributed by atoms with van der Waals surface area (Å²) in [5.74, 6) is 1.86. The number of amidine groups is 1. The normalized spacial score (nSPS) is 24.2. The van der Waals surface area contributed by atoms with Crippen molar-refractivity contribution in [3.63, 3.8) is 0 Å². The molecular formula is C25H30ClF3N9+. The van der Waals surface area contributed by atoms with Crippen molar-refractivity contribution in [2.24, 2.45) is 16.9 Å². The van der Waals surface area contributed by atoms with Crippen molar-refractivity contribution in [2.75, 3.05) is 11.4 Å². The highest BCUT2D eigenvalue weighted by Gasteiger charge is 2.47. The summed E-state index contributed by atoms with van der Waals surface area (Å²) in [6, 6.07) is 1.99. The molecule has 0 bridgehead atoms. The van der Waals surface area contributed by atoms with Gasteiger partial charge >= 0.3 is 6.18 Å². The molecule has 0 radical (unpaired) electrons. The SMILES string of the molecule is CC1CCC(Cn2c(N3CCCC3C(F)(F)F)nc3cc(C4=N[NH2+]NN4)nc(-c4cncc(Cl)c4)c32)CC1. The van der Waals surface area contributed by atoms with Gasteiger partial charge in [0, 0.05) is 31.0 Å². The van der Waals surface area contributed by atoms with Gasteiger partial charge in [0.1, 0.15) is 11.7 Å². The summed E-state index contributed by atoms with van der Waals surface area (Å²) in [6.45, 7) is 3.14. The Morgan fingerprint density at radius 1 is 1.11 bits per heavy atom. The molecule has 1 saturated carbocycles. The predicted octanol–water partition coefficient (Wildman–Crippen LogP) is 3.75. The number of anilines is 1. The lowest BCUT2D eigenvalue weighted by molar-refractivity contribution is -0.713. The van der Waals surface area contributed by atoms with Gasteiger partial charge in [-0.3, -0.25) is 10.4 Å². The lowest BCUT2D eigenvalue weighted by Gasteiger charge is -2.31. The van der Waals surface area contributed by atoms with Gasteiger partial charge in [0.2, 0.25) is 11.8 Å². The van der Waals surface area contributed by atoms with Crippen molar-refractivity contribution < 1.29 is 18.7 Å². The number of nitrogens with two attached hydrogens (primary N) is 1. The zero-order valence-corrected chi connectivity index (χ0v) is 21.7. The summed E-state index contributed by atoms with van der Waals surface area (Å²) >= 11 is 6.30. The number of nitrogens with one attached hydrogen (secondary N) is 2. The molecule has 1 saturated heterocycles. The Hall–Kier alpha value is -2.96. The second kappa shape index (κ2) is 9.97. The van der Waals surface area contributed by atoms with Crippen LogP contribution >= 0.6 is 11.6 Å². The van der Waals surface area contributed by atoms with Crippen molar-refractivity contribution >= 4 is 34.4 Å². The minimum absolute atomic E-state index is 0.0600. The first-order valence-corrected chi connectivity index (χ1v) is 13.4. The molecule has 4 N–H and O–H groups in total. The molecule has 38 heavy (non-hydrogen) atoms. The van der Waals surface area contributed by atoms with E-state index in [-0.39, 0.29) is 6.42 Å². The highest BCUT2D eigenvalue weighted by Crippen LogP contribution is 2.40. The second-order valence-electron chi connectivity index (χ2n) is 10.5. The van der Waals surface area contributed by atoms with Crippen LogP contribution in [0.25, 0.3) is 22.3 Å². The zero-order valence-electron chi connectivity index (χ0n) is 21.0. The average molecular weight is 549 g/mol. The molecule has 3 aromatic rings. The van der Waals surface area contributed by atoms with Gasteiger partial charge in [0.25, 0.3) is 0 Å². The monoisotopic (exact) mass is 548 g/mol. The fourth-order valence-corrected chi connectivity index (χ4v) is 6.05. The van der Waals surface area contributed by atoms with Gasteiger partial charge in [-0.2, -0.15) is 13.2 Å². The van der Waals surface area contributed by atoms with Gasteiger partial charge in [0.15, 0.2) is 0 Å². The van der Waals surface area contributed by atoms with Gasteiger partial charge in [-0.05, 0) is 54.8 Å². The van der Waals surface area contributed by atoms with Crippen LogP contribution in [-0.2, 0) is 6.54 Å². The van der Waals surface area contributed by atoms with Gasteiger partial charge in [-0.15, -0.1) is 5.53 Å². The number of alkyl halides is 3. The van der Waals surface area contributed by atoms with Crippen molar-refractivity contribution in [2.45, 2.75) is 64.2 Å². The Morgan fingerprint density at radius 2 is 1.92 bits per heavy atom. The molecule has 0 aromatic carbocycles. The molecule has 13 heteroatoms. The van der Waals surface area contributed by atoms with E-state index in [1.807, 2.05) is 4.57 Å². The minimum atomic E-state index is -4.34. The maximum absolute atomic E-state index is 14.1. The number of imidazole rings is 1. The summed E-state index contributed by atoms with van der Waals surface area (Å²) < 4.78 is 44.3. The highest BCUT2D eigenvalue weighted by atomic mass is 35.5. The molecule has 3 aliphatic rings. The lowest BCUT2D eigenvalue weighted by atomic mass is 9.83. The number of hydrazine groups is 1. The summed E-state index contributed by atoms with van der Waals surface area (Å²) in [7, 11) is 0. The summed E-state index contributed by atoms with van der Waals surface area (Å²) in [5.41, 5.74) is 10.3. The third kappa shape index (κ3) is 4.80.